The van der Waals surface area contributed by atoms with E-state index in [2.05, 4.69) is 10.6 Å². The van der Waals surface area contributed by atoms with Crippen LogP contribution >= 0.6 is 35.0 Å². The lowest BCUT2D eigenvalue weighted by Gasteiger charge is -2.19. The van der Waals surface area contributed by atoms with Gasteiger partial charge in [-0.2, -0.15) is 0 Å². The van der Waals surface area contributed by atoms with Crippen molar-refractivity contribution >= 4 is 57.7 Å². The van der Waals surface area contributed by atoms with E-state index in [1.54, 1.807) is 42.5 Å². The van der Waals surface area contributed by atoms with E-state index >= 15 is 0 Å². The molecule has 0 atom stereocenters. The Labute approximate surface area is 256 Å². The molecule has 0 aliphatic rings. The van der Waals surface area contributed by atoms with Crippen molar-refractivity contribution < 1.29 is 9.59 Å². The average Bonchev–Trinajstić information content (AvgIpc) is 3.02. The topological polar surface area (TPSA) is 93.1 Å². The molecule has 5 aromatic rings. The lowest BCUT2D eigenvalue weighted by Crippen LogP contribution is -2.43. The van der Waals surface area contributed by atoms with Crippen molar-refractivity contribution in [3.63, 3.8) is 0 Å². The van der Waals surface area contributed by atoms with Crippen LogP contribution in [0.2, 0.25) is 10.0 Å². The highest BCUT2D eigenvalue weighted by molar-refractivity contribution is 8.01. The van der Waals surface area contributed by atoms with Crippen LogP contribution in [0.25, 0.3) is 10.9 Å². The number of thioether (sulfide) groups is 1. The maximum absolute atomic E-state index is 13.7. The Morgan fingerprint density at radius 1 is 0.738 bits per heavy atom. The summed E-state index contributed by atoms with van der Waals surface area (Å²) in [6.07, 6.45) is 0. The Bertz CT molecular complexity index is 1730. The second-order valence-corrected chi connectivity index (χ2v) is 11.3. The largest absolute Gasteiger partial charge is 0.351 e. The van der Waals surface area contributed by atoms with E-state index in [0.717, 1.165) is 22.9 Å². The molecule has 4 aromatic carbocycles. The molecule has 0 saturated heterocycles. The van der Waals surface area contributed by atoms with Gasteiger partial charge < -0.3 is 10.6 Å². The molecule has 0 aliphatic carbocycles. The van der Waals surface area contributed by atoms with Gasteiger partial charge in [0.25, 0.3) is 5.56 Å². The molecule has 0 unspecified atom stereocenters. The highest BCUT2D eigenvalue weighted by Crippen LogP contribution is 2.27. The highest BCUT2D eigenvalue weighted by Gasteiger charge is 2.30. The first-order valence-electron chi connectivity index (χ1n) is 13.1. The first kappa shape index (κ1) is 29.4. The van der Waals surface area contributed by atoms with Crippen molar-refractivity contribution in [1.29, 1.82) is 0 Å². The molecule has 0 aliphatic heterocycles. The minimum absolute atomic E-state index is 0.111. The number of nitrogens with zero attached hydrogens (tertiary/aromatic N) is 2. The zero-order valence-electron chi connectivity index (χ0n) is 22.3. The number of halogens is 2. The summed E-state index contributed by atoms with van der Waals surface area (Å²) in [7, 11) is 0. The molecule has 0 fully saturated rings. The number of nitrogens with one attached hydrogen (secondary N) is 2. The monoisotopic (exact) mass is 616 g/mol. The maximum Gasteiger partial charge on any atom is 0.262 e. The van der Waals surface area contributed by atoms with Gasteiger partial charge in [-0.3, -0.25) is 19.0 Å². The van der Waals surface area contributed by atoms with Crippen LogP contribution in [-0.2, 0) is 29.2 Å². The van der Waals surface area contributed by atoms with Gasteiger partial charge in [0.2, 0.25) is 11.8 Å². The molecule has 0 bridgehead atoms. The van der Waals surface area contributed by atoms with Crippen LogP contribution in [-0.4, -0.2) is 26.6 Å². The molecular weight excluding hydrogens is 591 g/mol. The molecule has 1 aromatic heterocycles. The summed E-state index contributed by atoms with van der Waals surface area (Å²) in [6, 6.07) is 30.9. The van der Waals surface area contributed by atoms with Gasteiger partial charge in [0, 0.05) is 13.1 Å². The molecule has 10 heteroatoms. The SMILES string of the molecule is O=C(NCc1ccccc1)C(Sc1nc2ccccc2c(=O)n1Cc1ccc(Cl)c(Cl)c1)C(=O)NCc1ccccc1. The van der Waals surface area contributed by atoms with Gasteiger partial charge in [-0.05, 0) is 41.0 Å². The van der Waals surface area contributed by atoms with Gasteiger partial charge in [-0.1, -0.05) is 114 Å². The van der Waals surface area contributed by atoms with Crippen LogP contribution in [0.5, 0.6) is 0 Å². The third-order valence-electron chi connectivity index (χ3n) is 6.47. The van der Waals surface area contributed by atoms with Gasteiger partial charge in [-0.25, -0.2) is 4.98 Å². The molecule has 0 spiro atoms. The fourth-order valence-corrected chi connectivity index (χ4v) is 5.62. The van der Waals surface area contributed by atoms with Crippen molar-refractivity contribution in [2.75, 3.05) is 0 Å². The summed E-state index contributed by atoms with van der Waals surface area (Å²) >= 11 is 13.3. The molecule has 42 heavy (non-hydrogen) atoms. The standard InChI is InChI=1S/C32H26Cl2N4O3S/c33-25-16-15-23(17-26(25)34)20-38-31(41)24-13-7-8-14-27(24)37-32(38)42-28(29(39)35-18-21-9-3-1-4-10-21)30(40)36-19-22-11-5-2-6-12-22/h1-17,28H,18-20H2,(H,35,39)(H,36,40). The molecule has 2 amide bonds. The molecule has 2 N–H and O–H groups in total. The fourth-order valence-electron chi connectivity index (χ4n) is 4.28. The normalized spacial score (nSPS) is 11.0. The van der Waals surface area contributed by atoms with Crippen LogP contribution in [0.4, 0.5) is 0 Å². The number of fused-ring (bicyclic) bond motifs is 1. The van der Waals surface area contributed by atoms with E-state index in [4.69, 9.17) is 28.2 Å². The van der Waals surface area contributed by atoms with Crippen molar-refractivity contribution in [2.45, 2.75) is 30.0 Å². The minimum Gasteiger partial charge on any atom is -0.351 e. The van der Waals surface area contributed by atoms with Gasteiger partial charge in [0.05, 0.1) is 27.5 Å². The number of hydrogen-bond donors (Lipinski definition) is 2. The van der Waals surface area contributed by atoms with E-state index in [1.165, 1.54) is 4.57 Å². The summed E-state index contributed by atoms with van der Waals surface area (Å²) in [6.45, 7) is 0.591. The fraction of sp³-hybridized carbons (Fsp3) is 0.125. The van der Waals surface area contributed by atoms with Crippen molar-refractivity contribution in [1.82, 2.24) is 20.2 Å². The van der Waals surface area contributed by atoms with E-state index in [-0.39, 0.29) is 30.3 Å². The Morgan fingerprint density at radius 2 is 1.31 bits per heavy atom. The van der Waals surface area contributed by atoms with Gasteiger partial charge in [0.1, 0.15) is 0 Å². The Kier molecular flexibility index (Phi) is 9.59. The van der Waals surface area contributed by atoms with Gasteiger partial charge in [-0.15, -0.1) is 0 Å². The predicted molar refractivity (Wildman–Crippen MR) is 168 cm³/mol. The second-order valence-electron chi connectivity index (χ2n) is 9.46. The number of hydrogen-bond acceptors (Lipinski definition) is 5. The Balaban J connectivity index is 1.49. The average molecular weight is 618 g/mol. The van der Waals surface area contributed by atoms with E-state index in [9.17, 15) is 14.4 Å². The van der Waals surface area contributed by atoms with E-state index < -0.39 is 17.1 Å². The summed E-state index contributed by atoms with van der Waals surface area (Å²) in [5.41, 5.74) is 2.65. The number of carbonyl (C=O) groups is 2. The number of benzene rings is 4. The Morgan fingerprint density at radius 3 is 1.90 bits per heavy atom. The molecule has 1 heterocycles. The van der Waals surface area contributed by atoms with Crippen molar-refractivity contribution in [3.8, 4) is 0 Å². The highest BCUT2D eigenvalue weighted by atomic mass is 35.5. The number of rotatable bonds is 10. The molecule has 212 valence electrons. The summed E-state index contributed by atoms with van der Waals surface area (Å²) in [5, 5.41) is 5.88. The van der Waals surface area contributed by atoms with Crippen molar-refractivity contribution in [3.05, 3.63) is 140 Å². The number of aromatic nitrogens is 2. The molecular formula is C32H26Cl2N4O3S. The Hall–Kier alpha value is -4.11. The molecule has 0 saturated carbocycles. The summed E-state index contributed by atoms with van der Waals surface area (Å²) in [4.78, 5) is 45.5. The first-order valence-corrected chi connectivity index (χ1v) is 14.8. The summed E-state index contributed by atoms with van der Waals surface area (Å²) < 4.78 is 1.45. The lowest BCUT2D eigenvalue weighted by atomic mass is 10.2. The minimum atomic E-state index is -1.23. The third-order valence-corrected chi connectivity index (χ3v) is 8.40. The lowest BCUT2D eigenvalue weighted by molar-refractivity contribution is -0.128. The predicted octanol–water partition coefficient (Wildman–Crippen LogP) is 5.85. The van der Waals surface area contributed by atoms with E-state index in [1.807, 2.05) is 60.7 Å². The number of para-hydroxylation sites is 1. The quantitative estimate of drug-likeness (QED) is 0.117. The molecule has 0 radical (unpaired) electrons. The van der Waals surface area contributed by atoms with Crippen LogP contribution in [0.1, 0.15) is 16.7 Å². The molecule has 5 rings (SSSR count). The van der Waals surface area contributed by atoms with Gasteiger partial charge >= 0.3 is 0 Å². The molecule has 7 nitrogen and oxygen atoms in total. The van der Waals surface area contributed by atoms with E-state index in [0.29, 0.717) is 26.5 Å². The summed E-state index contributed by atoms with van der Waals surface area (Å²) in [5.74, 6) is -1.00. The van der Waals surface area contributed by atoms with Crippen molar-refractivity contribution in [2.24, 2.45) is 0 Å². The zero-order chi connectivity index (χ0) is 29.5. The number of amides is 2. The third kappa shape index (κ3) is 7.20. The maximum atomic E-state index is 13.7. The van der Waals surface area contributed by atoms with Crippen LogP contribution in [0, 0.1) is 0 Å². The second kappa shape index (κ2) is 13.7. The van der Waals surface area contributed by atoms with Crippen LogP contribution < -0.4 is 16.2 Å². The number of carbonyl (C=O) groups excluding carboxylic acids is 2. The van der Waals surface area contributed by atoms with Gasteiger partial charge in [0.15, 0.2) is 10.4 Å². The van der Waals surface area contributed by atoms with Crippen LogP contribution in [0.3, 0.4) is 0 Å². The zero-order valence-corrected chi connectivity index (χ0v) is 24.6. The first-order chi connectivity index (χ1) is 20.4. The smallest absolute Gasteiger partial charge is 0.262 e. The van der Waals surface area contributed by atoms with Crippen LogP contribution in [0.15, 0.2) is 113 Å².